The zero-order valence-corrected chi connectivity index (χ0v) is 17.0. The van der Waals surface area contributed by atoms with Crippen LogP contribution in [0.2, 0.25) is 0 Å². The highest BCUT2D eigenvalue weighted by Gasteiger charge is 2.26. The van der Waals surface area contributed by atoms with Crippen molar-refractivity contribution in [2.24, 2.45) is 0 Å². The lowest BCUT2D eigenvalue weighted by atomic mass is 10.3. The van der Waals surface area contributed by atoms with Gasteiger partial charge in [-0.1, -0.05) is 31.5 Å². The average Bonchev–Trinajstić information content (AvgIpc) is 3.05. The van der Waals surface area contributed by atoms with Gasteiger partial charge in [0.25, 0.3) is 10.0 Å². The Morgan fingerprint density at radius 3 is 2.31 bits per heavy atom. The third kappa shape index (κ3) is 3.71. The van der Waals surface area contributed by atoms with Crippen LogP contribution in [-0.2, 0) is 10.0 Å². The normalized spacial score (nSPS) is 11.7. The van der Waals surface area contributed by atoms with Crippen LogP contribution < -0.4 is 9.21 Å². The number of sulfonamides is 1. The van der Waals surface area contributed by atoms with E-state index in [0.29, 0.717) is 11.4 Å². The summed E-state index contributed by atoms with van der Waals surface area (Å²) in [6.45, 7) is 2.56. The fourth-order valence-corrected chi connectivity index (χ4v) is 5.58. The Balaban J connectivity index is 2.02. The molecule has 0 saturated heterocycles. The summed E-state index contributed by atoms with van der Waals surface area (Å²) < 4.78 is 29.3. The predicted molar refractivity (Wildman–Crippen MR) is 112 cm³/mol. The van der Waals surface area contributed by atoms with Crippen molar-refractivity contribution in [2.45, 2.75) is 24.7 Å². The van der Waals surface area contributed by atoms with Gasteiger partial charge in [0.15, 0.2) is 0 Å². The molecule has 2 aromatic carbocycles. The van der Waals surface area contributed by atoms with Gasteiger partial charge in [-0.15, -0.1) is 11.3 Å². The number of thiophene rings is 1. The summed E-state index contributed by atoms with van der Waals surface area (Å²) in [6, 6.07) is 17.0. The lowest BCUT2D eigenvalue weighted by molar-refractivity contribution is 0.589. The van der Waals surface area contributed by atoms with Crippen LogP contribution in [0, 0.1) is 0 Å². The molecule has 0 N–H and O–H groups in total. The van der Waals surface area contributed by atoms with E-state index < -0.39 is 10.0 Å². The van der Waals surface area contributed by atoms with Crippen molar-refractivity contribution < 1.29 is 8.42 Å². The van der Waals surface area contributed by atoms with E-state index in [1.807, 2.05) is 61.5 Å². The number of rotatable bonds is 7. The summed E-state index contributed by atoms with van der Waals surface area (Å²) in [5.41, 5.74) is 0.978. The van der Waals surface area contributed by atoms with Gasteiger partial charge in [0.2, 0.25) is 0 Å². The van der Waals surface area contributed by atoms with Crippen LogP contribution in [0.5, 0.6) is 0 Å². The van der Waals surface area contributed by atoms with E-state index in [-0.39, 0.29) is 0 Å². The van der Waals surface area contributed by atoms with E-state index >= 15 is 0 Å². The van der Waals surface area contributed by atoms with Gasteiger partial charge < -0.3 is 4.90 Å². The summed E-state index contributed by atoms with van der Waals surface area (Å²) in [4.78, 5) is 2.29. The SMILES string of the molecule is CCCCN(c1cc2ccccc2s1)S(=O)(=O)c1ccc(N(C)C)cc1. The molecule has 0 bridgehead atoms. The largest absolute Gasteiger partial charge is 0.378 e. The van der Waals surface area contributed by atoms with Gasteiger partial charge in [-0.3, -0.25) is 4.31 Å². The molecule has 0 amide bonds. The van der Waals surface area contributed by atoms with Crippen LogP contribution in [-0.4, -0.2) is 29.1 Å². The first-order valence-electron chi connectivity index (χ1n) is 8.72. The lowest BCUT2D eigenvalue weighted by Crippen LogP contribution is -2.31. The zero-order valence-electron chi connectivity index (χ0n) is 15.3. The van der Waals surface area contributed by atoms with Crippen LogP contribution >= 0.6 is 11.3 Å². The second kappa shape index (κ2) is 7.68. The molecule has 3 rings (SSSR count). The standard InChI is InChI=1S/C20H24N2O2S2/c1-4-5-14-22(20-15-16-8-6-7-9-19(16)25-20)26(23,24)18-12-10-17(11-13-18)21(2)3/h6-13,15H,4-5,14H2,1-3H3. The summed E-state index contributed by atoms with van der Waals surface area (Å²) in [5, 5.41) is 1.85. The minimum atomic E-state index is -3.59. The molecule has 0 saturated carbocycles. The number of unbranched alkanes of at least 4 members (excludes halogenated alkanes) is 1. The van der Waals surface area contributed by atoms with E-state index in [2.05, 4.69) is 6.92 Å². The Labute approximate surface area is 159 Å². The van der Waals surface area contributed by atoms with Gasteiger partial charge >= 0.3 is 0 Å². The van der Waals surface area contributed by atoms with Gasteiger partial charge in [-0.2, -0.15) is 0 Å². The molecule has 0 spiro atoms. The van der Waals surface area contributed by atoms with Crippen LogP contribution in [0.15, 0.2) is 59.5 Å². The van der Waals surface area contributed by atoms with E-state index in [0.717, 1.165) is 33.6 Å². The molecule has 1 aromatic heterocycles. The summed E-state index contributed by atoms with van der Waals surface area (Å²) >= 11 is 1.52. The maximum Gasteiger partial charge on any atom is 0.264 e. The third-order valence-corrected chi connectivity index (χ3v) is 7.40. The minimum Gasteiger partial charge on any atom is -0.378 e. The Bertz CT molecular complexity index is 943. The quantitative estimate of drug-likeness (QED) is 0.574. The number of hydrogen-bond acceptors (Lipinski definition) is 4. The smallest absolute Gasteiger partial charge is 0.264 e. The molecule has 26 heavy (non-hydrogen) atoms. The van der Waals surface area contributed by atoms with E-state index in [1.54, 1.807) is 16.4 Å². The molecule has 0 radical (unpaired) electrons. The molecule has 1 heterocycles. The van der Waals surface area contributed by atoms with Crippen molar-refractivity contribution in [3.05, 3.63) is 54.6 Å². The molecule has 6 heteroatoms. The van der Waals surface area contributed by atoms with Crippen molar-refractivity contribution in [1.29, 1.82) is 0 Å². The Morgan fingerprint density at radius 1 is 1.00 bits per heavy atom. The fraction of sp³-hybridized carbons (Fsp3) is 0.300. The van der Waals surface area contributed by atoms with Crippen LogP contribution in [0.1, 0.15) is 19.8 Å². The van der Waals surface area contributed by atoms with Crippen LogP contribution in [0.3, 0.4) is 0 Å². The van der Waals surface area contributed by atoms with Crippen LogP contribution in [0.25, 0.3) is 10.1 Å². The number of hydrogen-bond donors (Lipinski definition) is 0. The molecular weight excluding hydrogens is 364 g/mol. The van der Waals surface area contributed by atoms with Crippen molar-refractivity contribution >= 4 is 42.1 Å². The Kier molecular flexibility index (Phi) is 5.53. The highest BCUT2D eigenvalue weighted by molar-refractivity contribution is 7.93. The van der Waals surface area contributed by atoms with Gasteiger partial charge in [-0.05, 0) is 48.2 Å². The average molecular weight is 389 g/mol. The molecule has 4 nitrogen and oxygen atoms in total. The van der Waals surface area contributed by atoms with Crippen molar-refractivity contribution in [3.8, 4) is 0 Å². The van der Waals surface area contributed by atoms with Gasteiger partial charge in [0, 0.05) is 31.0 Å². The first-order chi connectivity index (χ1) is 12.4. The zero-order chi connectivity index (χ0) is 18.7. The number of fused-ring (bicyclic) bond motifs is 1. The summed E-state index contributed by atoms with van der Waals surface area (Å²) in [5.74, 6) is 0. The molecule has 0 aliphatic heterocycles. The van der Waals surface area contributed by atoms with Gasteiger partial charge in [-0.25, -0.2) is 8.42 Å². The molecule has 0 fully saturated rings. The molecule has 0 unspecified atom stereocenters. The third-order valence-electron chi connectivity index (χ3n) is 4.31. The first-order valence-corrected chi connectivity index (χ1v) is 11.0. The van der Waals surface area contributed by atoms with Crippen LogP contribution in [0.4, 0.5) is 10.7 Å². The molecule has 0 aliphatic carbocycles. The monoisotopic (exact) mass is 388 g/mol. The molecule has 3 aromatic rings. The van der Waals surface area contributed by atoms with Crippen molar-refractivity contribution in [1.82, 2.24) is 0 Å². The Hall–Kier alpha value is -2.05. The summed E-state index contributed by atoms with van der Waals surface area (Å²) in [6.07, 6.45) is 1.76. The summed E-state index contributed by atoms with van der Waals surface area (Å²) in [7, 11) is 0.286. The van der Waals surface area contributed by atoms with E-state index in [9.17, 15) is 8.42 Å². The topological polar surface area (TPSA) is 40.6 Å². The molecule has 0 aliphatic rings. The number of benzene rings is 2. The van der Waals surface area contributed by atoms with Gasteiger partial charge in [0.05, 0.1) is 4.90 Å². The van der Waals surface area contributed by atoms with E-state index in [4.69, 9.17) is 0 Å². The van der Waals surface area contributed by atoms with Crippen molar-refractivity contribution in [3.63, 3.8) is 0 Å². The fourth-order valence-electron chi connectivity index (χ4n) is 2.78. The number of nitrogens with zero attached hydrogens (tertiary/aromatic N) is 2. The molecular formula is C20H24N2O2S2. The minimum absolute atomic E-state index is 0.330. The second-order valence-electron chi connectivity index (χ2n) is 6.44. The number of anilines is 2. The highest BCUT2D eigenvalue weighted by Crippen LogP contribution is 2.35. The molecule has 138 valence electrons. The Morgan fingerprint density at radius 2 is 1.69 bits per heavy atom. The predicted octanol–water partition coefficient (Wildman–Crippen LogP) is 4.96. The highest BCUT2D eigenvalue weighted by atomic mass is 32.2. The lowest BCUT2D eigenvalue weighted by Gasteiger charge is -2.23. The maximum atomic E-state index is 13.3. The van der Waals surface area contributed by atoms with E-state index in [1.165, 1.54) is 11.3 Å². The van der Waals surface area contributed by atoms with Gasteiger partial charge in [0.1, 0.15) is 5.00 Å². The maximum absolute atomic E-state index is 13.3. The molecule has 0 atom stereocenters. The first kappa shape index (κ1) is 18.7. The van der Waals surface area contributed by atoms with Crippen molar-refractivity contribution in [2.75, 3.05) is 29.8 Å². The second-order valence-corrected chi connectivity index (χ2v) is 9.37.